The van der Waals surface area contributed by atoms with Crippen molar-refractivity contribution in [3.05, 3.63) is 29.8 Å². The lowest BCUT2D eigenvalue weighted by Crippen LogP contribution is -2.45. The lowest BCUT2D eigenvalue weighted by molar-refractivity contribution is -0.131. The number of anilines is 1. The molecule has 0 aliphatic carbocycles. The van der Waals surface area contributed by atoms with Crippen molar-refractivity contribution in [2.75, 3.05) is 38.5 Å². The highest BCUT2D eigenvalue weighted by atomic mass is 127. The fraction of sp³-hybridized carbons (Fsp3) is 0.591. The zero-order chi connectivity index (χ0) is 21.8. The van der Waals surface area contributed by atoms with Gasteiger partial charge < -0.3 is 20.4 Å². The van der Waals surface area contributed by atoms with Gasteiger partial charge in [0, 0.05) is 38.3 Å². The van der Waals surface area contributed by atoms with E-state index in [4.69, 9.17) is 0 Å². The van der Waals surface area contributed by atoms with Crippen molar-refractivity contribution in [3.8, 4) is 0 Å². The van der Waals surface area contributed by atoms with Crippen LogP contribution in [0.5, 0.6) is 0 Å². The number of hydrogen-bond acceptors (Lipinski definition) is 3. The smallest absolute Gasteiger partial charge is 0.242 e. The maximum Gasteiger partial charge on any atom is 0.242 e. The minimum atomic E-state index is -0.0194. The lowest BCUT2D eigenvalue weighted by Gasteiger charge is -2.25. The molecule has 30 heavy (non-hydrogen) atoms. The number of carbonyl (C=O) groups excluding carboxylic acids is 2. The Kier molecular flexibility index (Phi) is 14.1. The predicted octanol–water partition coefficient (Wildman–Crippen LogP) is 3.55. The van der Waals surface area contributed by atoms with Crippen molar-refractivity contribution in [2.45, 2.75) is 47.6 Å². The van der Waals surface area contributed by atoms with Gasteiger partial charge in [-0.15, -0.1) is 24.0 Å². The molecule has 170 valence electrons. The quantitative estimate of drug-likeness (QED) is 0.275. The number of aliphatic imine (C=N–C) groups is 1. The highest BCUT2D eigenvalue weighted by Crippen LogP contribution is 2.14. The SMILES string of the molecule is CCNC(=NCc1cccc(NC(=O)C(C)CC)c1)N(C)CC(=O)N(CC)CC.I. The summed E-state index contributed by atoms with van der Waals surface area (Å²) >= 11 is 0. The molecule has 1 rings (SSSR count). The molecular weight excluding hydrogens is 493 g/mol. The number of nitrogens with one attached hydrogen (secondary N) is 2. The number of hydrogen-bond donors (Lipinski definition) is 2. The number of amides is 2. The van der Waals surface area contributed by atoms with Gasteiger partial charge in [-0.05, 0) is 44.9 Å². The first kappa shape index (κ1) is 28.2. The van der Waals surface area contributed by atoms with Gasteiger partial charge in [0.05, 0.1) is 13.1 Å². The number of benzene rings is 1. The molecule has 0 heterocycles. The van der Waals surface area contributed by atoms with Gasteiger partial charge in [-0.2, -0.15) is 0 Å². The normalized spacial score (nSPS) is 11.9. The summed E-state index contributed by atoms with van der Waals surface area (Å²) in [6.45, 7) is 12.7. The summed E-state index contributed by atoms with van der Waals surface area (Å²) in [4.78, 5) is 32.8. The van der Waals surface area contributed by atoms with Crippen LogP contribution >= 0.6 is 24.0 Å². The third kappa shape index (κ3) is 9.32. The second-order valence-corrected chi connectivity index (χ2v) is 7.09. The fourth-order valence-electron chi connectivity index (χ4n) is 2.79. The Balaban J connectivity index is 0.00000841. The summed E-state index contributed by atoms with van der Waals surface area (Å²) in [5.74, 6) is 0.769. The van der Waals surface area contributed by atoms with Gasteiger partial charge in [0.25, 0.3) is 0 Å². The molecule has 1 aromatic carbocycles. The predicted molar refractivity (Wildman–Crippen MR) is 135 cm³/mol. The van der Waals surface area contributed by atoms with E-state index in [-0.39, 0.29) is 48.3 Å². The number of nitrogens with zero attached hydrogens (tertiary/aromatic N) is 3. The summed E-state index contributed by atoms with van der Waals surface area (Å²) in [7, 11) is 1.87. The lowest BCUT2D eigenvalue weighted by atomic mass is 10.1. The number of likely N-dealkylation sites (N-methyl/N-ethyl adjacent to an activating group) is 2. The molecule has 0 saturated carbocycles. The molecule has 1 atom stereocenters. The second kappa shape index (κ2) is 15.0. The van der Waals surface area contributed by atoms with E-state index >= 15 is 0 Å². The van der Waals surface area contributed by atoms with Crippen LogP contribution in [0.3, 0.4) is 0 Å². The van der Waals surface area contributed by atoms with Gasteiger partial charge in [-0.25, -0.2) is 4.99 Å². The molecule has 0 aliphatic rings. The Hall–Kier alpha value is -1.84. The molecule has 8 heteroatoms. The van der Waals surface area contributed by atoms with Crippen LogP contribution in [0.15, 0.2) is 29.3 Å². The summed E-state index contributed by atoms with van der Waals surface area (Å²) in [6.07, 6.45) is 0.806. The molecule has 1 unspecified atom stereocenters. The van der Waals surface area contributed by atoms with Gasteiger partial charge in [-0.1, -0.05) is 26.0 Å². The Morgan fingerprint density at radius 2 is 1.80 bits per heavy atom. The molecule has 2 amide bonds. The van der Waals surface area contributed by atoms with Crippen molar-refractivity contribution in [3.63, 3.8) is 0 Å². The van der Waals surface area contributed by atoms with E-state index in [1.807, 2.05) is 75.7 Å². The third-order valence-corrected chi connectivity index (χ3v) is 4.85. The molecule has 0 aliphatic heterocycles. The molecule has 0 spiro atoms. The molecule has 1 aromatic rings. The zero-order valence-corrected chi connectivity index (χ0v) is 21.5. The van der Waals surface area contributed by atoms with Crippen LogP contribution in [0.1, 0.15) is 46.6 Å². The van der Waals surface area contributed by atoms with Gasteiger partial charge in [0.15, 0.2) is 5.96 Å². The van der Waals surface area contributed by atoms with Crippen molar-refractivity contribution in [1.29, 1.82) is 0 Å². The maximum atomic E-state index is 12.4. The van der Waals surface area contributed by atoms with E-state index in [1.54, 1.807) is 0 Å². The van der Waals surface area contributed by atoms with E-state index in [0.29, 0.717) is 32.1 Å². The summed E-state index contributed by atoms with van der Waals surface area (Å²) in [6, 6.07) is 7.71. The molecule has 7 nitrogen and oxygen atoms in total. The van der Waals surface area contributed by atoms with E-state index in [0.717, 1.165) is 17.7 Å². The topological polar surface area (TPSA) is 77.0 Å². The monoisotopic (exact) mass is 531 g/mol. The molecule has 0 radical (unpaired) electrons. The minimum absolute atomic E-state index is 0. The molecular formula is C22H38IN5O2. The number of guanidine groups is 1. The van der Waals surface area contributed by atoms with Crippen LogP contribution < -0.4 is 10.6 Å². The zero-order valence-electron chi connectivity index (χ0n) is 19.2. The standard InChI is InChI=1S/C22H37N5O2.HI/c1-7-17(5)21(29)25-19-13-11-12-18(14-19)15-24-22(23-8-2)26(6)16-20(28)27(9-3)10-4;/h11-14,17H,7-10,15-16H2,1-6H3,(H,23,24)(H,25,29);1H. The van der Waals surface area contributed by atoms with Crippen LogP contribution in [0.2, 0.25) is 0 Å². The second-order valence-electron chi connectivity index (χ2n) is 7.09. The molecule has 0 saturated heterocycles. The number of carbonyl (C=O) groups is 2. The van der Waals surface area contributed by atoms with Crippen molar-refractivity contribution in [1.82, 2.24) is 15.1 Å². The van der Waals surface area contributed by atoms with E-state index in [9.17, 15) is 9.59 Å². The minimum Gasteiger partial charge on any atom is -0.357 e. The fourth-order valence-corrected chi connectivity index (χ4v) is 2.79. The van der Waals surface area contributed by atoms with Crippen LogP contribution in [0, 0.1) is 5.92 Å². The molecule has 0 aromatic heterocycles. The van der Waals surface area contributed by atoms with Crippen molar-refractivity contribution < 1.29 is 9.59 Å². The van der Waals surface area contributed by atoms with E-state index < -0.39 is 0 Å². The summed E-state index contributed by atoms with van der Waals surface area (Å²) < 4.78 is 0. The third-order valence-electron chi connectivity index (χ3n) is 4.85. The summed E-state index contributed by atoms with van der Waals surface area (Å²) in [5.41, 5.74) is 1.77. The van der Waals surface area contributed by atoms with Gasteiger partial charge >= 0.3 is 0 Å². The molecule has 0 fully saturated rings. The first-order chi connectivity index (χ1) is 13.9. The largest absolute Gasteiger partial charge is 0.357 e. The van der Waals surface area contributed by atoms with E-state index in [1.165, 1.54) is 0 Å². The van der Waals surface area contributed by atoms with Crippen LogP contribution in [-0.2, 0) is 16.1 Å². The average Bonchev–Trinajstić information content (AvgIpc) is 2.71. The first-order valence-electron chi connectivity index (χ1n) is 10.5. The number of halogens is 1. The highest BCUT2D eigenvalue weighted by molar-refractivity contribution is 14.0. The van der Waals surface area contributed by atoms with Gasteiger partial charge in [0.2, 0.25) is 11.8 Å². The van der Waals surface area contributed by atoms with Crippen LogP contribution in [-0.4, -0.2) is 60.8 Å². The summed E-state index contributed by atoms with van der Waals surface area (Å²) in [5, 5.41) is 6.19. The van der Waals surface area contributed by atoms with Crippen LogP contribution in [0.25, 0.3) is 0 Å². The Morgan fingerprint density at radius 1 is 1.13 bits per heavy atom. The van der Waals surface area contributed by atoms with Crippen molar-refractivity contribution in [2.24, 2.45) is 10.9 Å². The van der Waals surface area contributed by atoms with Gasteiger partial charge in [-0.3, -0.25) is 9.59 Å². The molecule has 2 N–H and O–H groups in total. The highest BCUT2D eigenvalue weighted by Gasteiger charge is 2.15. The van der Waals surface area contributed by atoms with Gasteiger partial charge in [0.1, 0.15) is 0 Å². The van der Waals surface area contributed by atoms with Crippen LogP contribution in [0.4, 0.5) is 5.69 Å². The maximum absolute atomic E-state index is 12.4. The average molecular weight is 531 g/mol. The Labute approximate surface area is 198 Å². The Bertz CT molecular complexity index is 692. The first-order valence-corrected chi connectivity index (χ1v) is 10.5. The van der Waals surface area contributed by atoms with E-state index in [2.05, 4.69) is 15.6 Å². The Morgan fingerprint density at radius 3 is 2.37 bits per heavy atom. The van der Waals surface area contributed by atoms with Crippen molar-refractivity contribution >= 4 is 47.4 Å². The number of rotatable bonds is 10. The molecule has 0 bridgehead atoms.